The van der Waals surface area contributed by atoms with Crippen molar-refractivity contribution in [2.75, 3.05) is 13.2 Å². The van der Waals surface area contributed by atoms with E-state index in [2.05, 4.69) is 25.2 Å². The topological polar surface area (TPSA) is 67.8 Å². The first-order valence-electron chi connectivity index (χ1n) is 10.2. The minimum atomic E-state index is -0.807. The largest absolute Gasteiger partial charge is 0.390 e. The molecule has 2 saturated carbocycles. The number of fused-ring (bicyclic) bond motifs is 6. The van der Waals surface area contributed by atoms with Gasteiger partial charge >= 0.3 is 0 Å². The van der Waals surface area contributed by atoms with Crippen molar-refractivity contribution in [3.05, 3.63) is 11.8 Å². The van der Waals surface area contributed by atoms with Gasteiger partial charge < -0.3 is 19.9 Å². The maximum atomic E-state index is 11.9. The van der Waals surface area contributed by atoms with Crippen molar-refractivity contribution in [1.29, 1.82) is 0 Å². The molecule has 0 bridgehead atoms. The van der Waals surface area contributed by atoms with Crippen LogP contribution in [0.25, 0.3) is 0 Å². The molecule has 2 saturated heterocycles. The van der Waals surface area contributed by atoms with Crippen molar-refractivity contribution >= 4 is 5.91 Å². The van der Waals surface area contributed by atoms with Gasteiger partial charge in [-0.25, -0.2) is 0 Å². The summed E-state index contributed by atoms with van der Waals surface area (Å²) in [4.78, 5) is 11.9. The van der Waals surface area contributed by atoms with Crippen LogP contribution in [0, 0.1) is 28.6 Å². The van der Waals surface area contributed by atoms with Crippen LogP contribution in [0.4, 0.5) is 0 Å². The molecular formula is C21H31NO4. The van der Waals surface area contributed by atoms with Crippen LogP contribution < -0.4 is 5.32 Å². The Hall–Kier alpha value is -0.910. The lowest BCUT2D eigenvalue weighted by Crippen LogP contribution is -2.65. The Morgan fingerprint density at radius 2 is 1.92 bits per heavy atom. The number of carbonyl (C=O) groups is 1. The third-order valence-electron chi connectivity index (χ3n) is 8.61. The highest BCUT2D eigenvalue weighted by Crippen LogP contribution is 2.70. The van der Waals surface area contributed by atoms with Crippen molar-refractivity contribution in [2.24, 2.45) is 28.6 Å². The van der Waals surface area contributed by atoms with E-state index in [1.807, 2.05) is 6.92 Å². The summed E-state index contributed by atoms with van der Waals surface area (Å²) in [6.07, 6.45) is 7.25. The van der Waals surface area contributed by atoms with E-state index < -0.39 is 11.4 Å². The molecule has 5 heteroatoms. The Kier molecular flexibility index (Phi) is 3.39. The molecule has 0 aromatic carbocycles. The highest BCUT2D eigenvalue weighted by molar-refractivity contribution is 5.79. The molecule has 0 aromatic rings. The van der Waals surface area contributed by atoms with Crippen LogP contribution in [-0.2, 0) is 14.3 Å². The zero-order chi connectivity index (χ0) is 18.4. The van der Waals surface area contributed by atoms with Crippen LogP contribution in [0.5, 0.6) is 0 Å². The molecular weight excluding hydrogens is 330 g/mol. The van der Waals surface area contributed by atoms with Gasteiger partial charge in [-0.05, 0) is 44.4 Å². The molecule has 0 radical (unpaired) electrons. The fourth-order valence-corrected chi connectivity index (χ4v) is 7.84. The fourth-order valence-electron chi connectivity index (χ4n) is 7.84. The Morgan fingerprint density at radius 3 is 2.65 bits per heavy atom. The Morgan fingerprint density at radius 1 is 1.19 bits per heavy atom. The van der Waals surface area contributed by atoms with Gasteiger partial charge in [0, 0.05) is 35.3 Å². The predicted molar refractivity (Wildman–Crippen MR) is 95.9 cm³/mol. The number of nitrogens with one attached hydrogen (secondary N) is 1. The van der Waals surface area contributed by atoms with Gasteiger partial charge in [0.15, 0.2) is 5.79 Å². The van der Waals surface area contributed by atoms with Gasteiger partial charge in [-0.2, -0.15) is 0 Å². The summed E-state index contributed by atoms with van der Waals surface area (Å²) in [6.45, 7) is 7.86. The minimum Gasteiger partial charge on any atom is -0.390 e. The molecule has 144 valence electrons. The molecule has 0 aromatic heterocycles. The van der Waals surface area contributed by atoms with E-state index in [0.717, 1.165) is 31.4 Å². The van der Waals surface area contributed by atoms with Crippen LogP contribution in [-0.4, -0.2) is 35.6 Å². The fraction of sp³-hybridized carbons (Fsp3) is 0.857. The first kappa shape index (κ1) is 17.2. The number of aliphatic hydroxyl groups is 1. The molecule has 2 N–H and O–H groups in total. The van der Waals surface area contributed by atoms with Crippen molar-refractivity contribution in [2.45, 2.75) is 70.7 Å². The first-order valence-corrected chi connectivity index (χ1v) is 10.2. The third kappa shape index (κ3) is 1.95. The number of ether oxygens (including phenoxy) is 2. The van der Waals surface area contributed by atoms with E-state index in [1.54, 1.807) is 0 Å². The normalized spacial score (nSPS) is 52.1. The Balaban J connectivity index is 1.59. The van der Waals surface area contributed by atoms with Gasteiger partial charge in [0.2, 0.25) is 5.91 Å². The number of allylic oxidation sites excluding steroid dienone is 2. The van der Waals surface area contributed by atoms with Crippen molar-refractivity contribution < 1.29 is 19.4 Å². The number of piperidine rings is 1. The van der Waals surface area contributed by atoms with Gasteiger partial charge in [-0.1, -0.05) is 19.9 Å². The van der Waals surface area contributed by atoms with Gasteiger partial charge in [0.05, 0.1) is 18.8 Å². The van der Waals surface area contributed by atoms with Crippen LogP contribution >= 0.6 is 0 Å². The second kappa shape index (κ2) is 5.12. The smallest absolute Gasteiger partial charge is 0.224 e. The maximum Gasteiger partial charge on any atom is 0.224 e. The van der Waals surface area contributed by atoms with Gasteiger partial charge in [-0.3, -0.25) is 4.79 Å². The number of hydrogen-bond donors (Lipinski definition) is 2. The minimum absolute atomic E-state index is 0.111. The molecule has 26 heavy (non-hydrogen) atoms. The lowest BCUT2D eigenvalue weighted by molar-refractivity contribution is -0.272. The van der Waals surface area contributed by atoms with Crippen molar-refractivity contribution in [1.82, 2.24) is 5.32 Å². The lowest BCUT2D eigenvalue weighted by atomic mass is 9.45. The average Bonchev–Trinajstić information content (AvgIpc) is 3.14. The Labute approximate surface area is 155 Å². The second-order valence-corrected chi connectivity index (χ2v) is 10.0. The molecule has 2 heterocycles. The molecule has 5 nitrogen and oxygen atoms in total. The molecule has 1 spiro atoms. The molecule has 6 atom stereocenters. The molecule has 3 aliphatic carbocycles. The van der Waals surface area contributed by atoms with E-state index in [4.69, 9.17) is 9.47 Å². The first-order chi connectivity index (χ1) is 12.2. The second-order valence-electron chi connectivity index (χ2n) is 10.0. The number of rotatable bonds is 0. The SMILES string of the molecule is CC1(O)CC2(C)C(CCC23OCCO3)C2CC=C3NC(=O)CCC3(C)C21. The zero-order valence-electron chi connectivity index (χ0n) is 16.1. The monoisotopic (exact) mass is 361 g/mol. The number of amides is 1. The summed E-state index contributed by atoms with van der Waals surface area (Å²) in [5.74, 6) is 0.640. The van der Waals surface area contributed by atoms with Gasteiger partial charge in [0.25, 0.3) is 0 Å². The van der Waals surface area contributed by atoms with Crippen molar-refractivity contribution in [3.8, 4) is 0 Å². The summed E-state index contributed by atoms with van der Waals surface area (Å²) in [5, 5.41) is 14.9. The van der Waals surface area contributed by atoms with E-state index in [1.165, 1.54) is 0 Å². The quantitative estimate of drug-likeness (QED) is 0.696. The van der Waals surface area contributed by atoms with Gasteiger partial charge in [0.1, 0.15) is 0 Å². The summed E-state index contributed by atoms with van der Waals surface area (Å²) >= 11 is 0. The van der Waals surface area contributed by atoms with Crippen LogP contribution in [0.2, 0.25) is 0 Å². The van der Waals surface area contributed by atoms with E-state index in [0.29, 0.717) is 37.9 Å². The molecule has 5 aliphatic rings. The van der Waals surface area contributed by atoms with Crippen LogP contribution in [0.3, 0.4) is 0 Å². The van der Waals surface area contributed by atoms with Crippen LogP contribution in [0.1, 0.15) is 59.3 Å². The van der Waals surface area contributed by atoms with E-state index in [9.17, 15) is 9.90 Å². The van der Waals surface area contributed by atoms with E-state index >= 15 is 0 Å². The van der Waals surface area contributed by atoms with E-state index in [-0.39, 0.29) is 22.7 Å². The molecule has 4 fully saturated rings. The number of hydrogen-bond acceptors (Lipinski definition) is 4. The third-order valence-corrected chi connectivity index (χ3v) is 8.61. The molecule has 5 rings (SSSR count). The summed E-state index contributed by atoms with van der Waals surface area (Å²) in [6, 6.07) is 0. The lowest BCUT2D eigenvalue weighted by Gasteiger charge is -2.63. The standard InChI is InChI=1S/C21H31NO4/c1-18-8-7-16(23)22-15(18)5-4-13-14-6-9-21(25-10-11-26-21)19(14,2)12-20(3,24)17(13)18/h5,13-14,17,24H,4,6-12H2,1-3H3,(H,22,23). The highest BCUT2D eigenvalue weighted by atomic mass is 16.7. The summed E-state index contributed by atoms with van der Waals surface area (Å²) < 4.78 is 12.4. The molecule has 1 amide bonds. The van der Waals surface area contributed by atoms with Crippen LogP contribution in [0.15, 0.2) is 11.8 Å². The average molecular weight is 361 g/mol. The summed E-state index contributed by atoms with van der Waals surface area (Å²) in [7, 11) is 0. The Bertz CT molecular complexity index is 679. The molecule has 2 aliphatic heterocycles. The van der Waals surface area contributed by atoms with Gasteiger partial charge in [-0.15, -0.1) is 0 Å². The molecule has 6 unspecified atom stereocenters. The highest BCUT2D eigenvalue weighted by Gasteiger charge is 2.71. The summed E-state index contributed by atoms with van der Waals surface area (Å²) in [5.41, 5.74) is -0.0819. The van der Waals surface area contributed by atoms with Crippen molar-refractivity contribution in [3.63, 3.8) is 0 Å². The zero-order valence-corrected chi connectivity index (χ0v) is 16.1. The number of carbonyl (C=O) groups excluding carboxylic acids is 1. The predicted octanol–water partition coefficient (Wildman–Crippen LogP) is 2.74. The maximum absolute atomic E-state index is 11.9.